The van der Waals surface area contributed by atoms with Gasteiger partial charge in [-0.3, -0.25) is 0 Å². The maximum absolute atomic E-state index is 3.78. The van der Waals surface area contributed by atoms with Crippen LogP contribution in [0, 0.1) is 34.6 Å². The minimum atomic E-state index is 1.01. The third-order valence-electron chi connectivity index (χ3n) is 4.90. The normalized spacial score (nSPS) is 14.7. The Morgan fingerprint density at radius 2 is 1.38 bits per heavy atom. The van der Waals surface area contributed by atoms with Crippen molar-refractivity contribution in [3.8, 4) is 0 Å². The van der Waals surface area contributed by atoms with Gasteiger partial charge >= 0.3 is 0 Å². The summed E-state index contributed by atoms with van der Waals surface area (Å²) in [6.45, 7) is 15.2. The lowest BCUT2D eigenvalue weighted by Gasteiger charge is -2.16. The van der Waals surface area contributed by atoms with Crippen molar-refractivity contribution in [1.82, 2.24) is 0 Å². The monoisotopic (exact) mass is 385 g/mol. The summed E-state index contributed by atoms with van der Waals surface area (Å²) >= 11 is 3.78. The smallest absolute Gasteiger partial charge is 0.227 e. The first-order chi connectivity index (χ1) is 11.3. The van der Waals surface area contributed by atoms with E-state index in [4.69, 9.17) is 0 Å². The molecule has 0 amide bonds. The van der Waals surface area contributed by atoms with Crippen molar-refractivity contribution >= 4 is 33.1 Å². The molecule has 0 spiro atoms. The van der Waals surface area contributed by atoms with Gasteiger partial charge in [-0.15, -0.1) is 0 Å². The van der Waals surface area contributed by atoms with Crippen LogP contribution in [0.1, 0.15) is 34.7 Å². The van der Waals surface area contributed by atoms with E-state index in [2.05, 4.69) is 91.2 Å². The molecule has 126 valence electrons. The molecule has 1 aliphatic heterocycles. The summed E-state index contributed by atoms with van der Waals surface area (Å²) in [6.07, 6.45) is 0. The average Bonchev–Trinajstić information content (AvgIpc) is 2.79. The van der Waals surface area contributed by atoms with Crippen molar-refractivity contribution in [3.63, 3.8) is 0 Å². The molecule has 0 radical (unpaired) electrons. The van der Waals surface area contributed by atoms with E-state index in [1.807, 2.05) is 0 Å². The van der Waals surface area contributed by atoms with E-state index in [0.717, 1.165) is 13.1 Å². The molecule has 2 nitrogen and oxygen atoms in total. The number of amidine groups is 1. The lowest BCUT2D eigenvalue weighted by Crippen LogP contribution is -2.27. The predicted molar refractivity (Wildman–Crippen MR) is 107 cm³/mol. The van der Waals surface area contributed by atoms with Gasteiger partial charge in [-0.25, -0.2) is 9.48 Å². The van der Waals surface area contributed by atoms with Crippen molar-refractivity contribution in [2.24, 2.45) is 0 Å². The lowest BCUT2D eigenvalue weighted by molar-refractivity contribution is -0.430. The van der Waals surface area contributed by atoms with Crippen LogP contribution in [-0.2, 0) is 0 Å². The van der Waals surface area contributed by atoms with Crippen LogP contribution in [0.25, 0.3) is 0 Å². The van der Waals surface area contributed by atoms with Gasteiger partial charge in [0.2, 0.25) is 0 Å². The summed E-state index contributed by atoms with van der Waals surface area (Å²) < 4.78 is 3.65. The molecule has 0 N–H and O–H groups in total. The highest BCUT2D eigenvalue weighted by atomic mass is 79.9. The van der Waals surface area contributed by atoms with E-state index < -0.39 is 0 Å². The Bertz CT molecular complexity index is 803. The Labute approximate surface area is 153 Å². The summed E-state index contributed by atoms with van der Waals surface area (Å²) in [5.41, 5.74) is 9.31. The highest BCUT2D eigenvalue weighted by Gasteiger charge is 2.33. The fraction of sp³-hybridized carbons (Fsp3) is 0.381. The fourth-order valence-electron chi connectivity index (χ4n) is 4.06. The molecule has 0 saturated heterocycles. The van der Waals surface area contributed by atoms with Crippen LogP contribution in [0.2, 0.25) is 0 Å². The van der Waals surface area contributed by atoms with Crippen LogP contribution in [0.3, 0.4) is 0 Å². The first kappa shape index (κ1) is 17.2. The van der Waals surface area contributed by atoms with Crippen LogP contribution in [0.4, 0.5) is 11.4 Å². The molecule has 3 heteroatoms. The van der Waals surface area contributed by atoms with Crippen LogP contribution < -0.4 is 4.90 Å². The Morgan fingerprint density at radius 1 is 0.833 bits per heavy atom. The average molecular weight is 386 g/mol. The van der Waals surface area contributed by atoms with E-state index in [9.17, 15) is 0 Å². The fourth-order valence-corrected chi connectivity index (χ4v) is 4.95. The zero-order valence-electron chi connectivity index (χ0n) is 15.5. The standard InChI is InChI=1S/C21H26BrN2/c1-13-9-15(3)20(16(4)10-13)23-7-8-24(18(23)6)21-17(5)11-14(2)12-19(21)22/h9-12H,7-8H2,1-6H3/q+1. The molecule has 1 heterocycles. The minimum absolute atomic E-state index is 1.01. The van der Waals surface area contributed by atoms with E-state index in [1.165, 1.54) is 49.5 Å². The second-order valence-corrected chi connectivity index (χ2v) is 7.86. The SMILES string of the molecule is CC1=[N+](c2c(C)cc(C)cc2C)CCN1c1c(C)cc(C)cc1Br. The van der Waals surface area contributed by atoms with Crippen molar-refractivity contribution in [2.75, 3.05) is 18.0 Å². The minimum Gasteiger partial charge on any atom is -0.227 e. The molecule has 0 bridgehead atoms. The quantitative estimate of drug-likeness (QED) is 0.612. The summed E-state index contributed by atoms with van der Waals surface area (Å²) in [6, 6.07) is 9.04. The molecule has 0 atom stereocenters. The summed E-state index contributed by atoms with van der Waals surface area (Å²) in [7, 11) is 0. The van der Waals surface area contributed by atoms with Gasteiger partial charge in [-0.1, -0.05) is 23.8 Å². The van der Waals surface area contributed by atoms with Crippen molar-refractivity contribution < 1.29 is 4.58 Å². The van der Waals surface area contributed by atoms with Gasteiger partial charge in [0.25, 0.3) is 5.84 Å². The molecule has 0 unspecified atom stereocenters. The second-order valence-electron chi connectivity index (χ2n) is 7.01. The molecule has 3 rings (SSSR count). The molecule has 2 aromatic carbocycles. The Hall–Kier alpha value is -1.61. The molecule has 1 aliphatic rings. The van der Waals surface area contributed by atoms with Gasteiger partial charge in [0.1, 0.15) is 24.5 Å². The molecule has 0 aliphatic carbocycles. The van der Waals surface area contributed by atoms with Crippen LogP contribution in [0.5, 0.6) is 0 Å². The van der Waals surface area contributed by atoms with E-state index in [-0.39, 0.29) is 0 Å². The zero-order valence-corrected chi connectivity index (χ0v) is 17.1. The van der Waals surface area contributed by atoms with Gasteiger partial charge in [0.15, 0.2) is 0 Å². The van der Waals surface area contributed by atoms with Gasteiger partial charge in [-0.2, -0.15) is 0 Å². The zero-order chi connectivity index (χ0) is 17.6. The summed E-state index contributed by atoms with van der Waals surface area (Å²) in [4.78, 5) is 2.44. The molecular weight excluding hydrogens is 360 g/mol. The van der Waals surface area contributed by atoms with E-state index in [0.29, 0.717) is 0 Å². The van der Waals surface area contributed by atoms with Crippen molar-refractivity contribution in [1.29, 1.82) is 0 Å². The molecule has 0 aromatic heterocycles. The van der Waals surface area contributed by atoms with Crippen LogP contribution in [-0.4, -0.2) is 23.5 Å². The molecule has 2 aromatic rings. The highest BCUT2D eigenvalue weighted by molar-refractivity contribution is 9.10. The molecular formula is C21H26BrN2+. The number of hydrogen-bond donors (Lipinski definition) is 0. The van der Waals surface area contributed by atoms with Crippen molar-refractivity contribution in [2.45, 2.75) is 41.5 Å². The summed E-state index contributed by atoms with van der Waals surface area (Å²) in [5, 5.41) is 0. The molecule has 24 heavy (non-hydrogen) atoms. The van der Waals surface area contributed by atoms with Crippen LogP contribution >= 0.6 is 15.9 Å². The second kappa shape index (κ2) is 6.36. The Morgan fingerprint density at radius 3 is 1.96 bits per heavy atom. The van der Waals surface area contributed by atoms with Gasteiger partial charge in [0.05, 0.1) is 4.47 Å². The van der Waals surface area contributed by atoms with Gasteiger partial charge in [0, 0.05) is 6.92 Å². The number of rotatable bonds is 2. The number of hydrogen-bond acceptors (Lipinski definition) is 1. The number of benzene rings is 2. The summed E-state index contributed by atoms with van der Waals surface area (Å²) in [5.74, 6) is 1.30. The molecule has 0 fully saturated rings. The first-order valence-corrected chi connectivity index (χ1v) is 9.32. The van der Waals surface area contributed by atoms with E-state index >= 15 is 0 Å². The molecule has 0 saturated carbocycles. The predicted octanol–water partition coefficient (Wildman–Crippen LogP) is 5.57. The Balaban J connectivity index is 2.12. The number of aryl methyl sites for hydroxylation is 5. The van der Waals surface area contributed by atoms with Crippen LogP contribution in [0.15, 0.2) is 28.7 Å². The first-order valence-electron chi connectivity index (χ1n) is 8.53. The maximum Gasteiger partial charge on any atom is 0.254 e. The van der Waals surface area contributed by atoms with Gasteiger partial charge in [-0.05, 0) is 78.9 Å². The largest absolute Gasteiger partial charge is 0.254 e. The maximum atomic E-state index is 3.78. The number of anilines is 1. The topological polar surface area (TPSA) is 6.25 Å². The lowest BCUT2D eigenvalue weighted by atomic mass is 10.0. The number of nitrogens with zero attached hydrogens (tertiary/aromatic N) is 2. The highest BCUT2D eigenvalue weighted by Crippen LogP contribution is 2.34. The van der Waals surface area contributed by atoms with E-state index in [1.54, 1.807) is 0 Å². The van der Waals surface area contributed by atoms with Crippen molar-refractivity contribution in [3.05, 3.63) is 56.6 Å². The van der Waals surface area contributed by atoms with Gasteiger partial charge < -0.3 is 0 Å². The third kappa shape index (κ3) is 2.90. The Kier molecular flexibility index (Phi) is 4.56. The number of halogens is 1. The third-order valence-corrected chi connectivity index (χ3v) is 5.51.